The van der Waals surface area contributed by atoms with E-state index < -0.39 is 5.97 Å². The molecule has 0 radical (unpaired) electrons. The van der Waals surface area contributed by atoms with Crippen LogP contribution in [-0.2, 0) is 16.1 Å². The van der Waals surface area contributed by atoms with Crippen molar-refractivity contribution < 1.29 is 24.2 Å². The van der Waals surface area contributed by atoms with Crippen LogP contribution < -0.4 is 5.32 Å². The van der Waals surface area contributed by atoms with E-state index in [0.717, 1.165) is 5.56 Å². The molecular formula is C14H18N2O5. The van der Waals surface area contributed by atoms with Crippen LogP contribution in [0.3, 0.4) is 0 Å². The molecule has 1 aromatic rings. The lowest BCUT2D eigenvalue weighted by atomic mass is 10.1. The van der Waals surface area contributed by atoms with Crippen molar-refractivity contribution in [2.24, 2.45) is 0 Å². The van der Waals surface area contributed by atoms with Gasteiger partial charge in [0.05, 0.1) is 19.1 Å². The molecule has 0 aliphatic heterocycles. The summed E-state index contributed by atoms with van der Waals surface area (Å²) in [5.41, 5.74) is 0.981. The number of carboxylic acid groups (broad SMARTS) is 1. The number of urea groups is 1. The van der Waals surface area contributed by atoms with Crippen LogP contribution in [0.4, 0.5) is 4.79 Å². The molecule has 0 unspecified atom stereocenters. The summed E-state index contributed by atoms with van der Waals surface area (Å²) in [7, 11) is 2.87. The van der Waals surface area contributed by atoms with Gasteiger partial charge in [0.2, 0.25) is 0 Å². The third kappa shape index (κ3) is 5.52. The number of amides is 2. The topological polar surface area (TPSA) is 95.9 Å². The molecule has 0 saturated carbocycles. The number of benzene rings is 1. The average Bonchev–Trinajstić information content (AvgIpc) is 2.50. The summed E-state index contributed by atoms with van der Waals surface area (Å²) >= 11 is 0. The number of carbonyl (C=O) groups excluding carboxylic acids is 2. The third-order valence-corrected chi connectivity index (χ3v) is 2.87. The summed E-state index contributed by atoms with van der Waals surface area (Å²) in [6.45, 7) is 0.539. The molecule has 0 spiro atoms. The highest BCUT2D eigenvalue weighted by Gasteiger charge is 2.10. The third-order valence-electron chi connectivity index (χ3n) is 2.87. The van der Waals surface area contributed by atoms with Crippen molar-refractivity contribution in [3.05, 3.63) is 35.4 Å². The molecule has 0 aromatic heterocycles. The van der Waals surface area contributed by atoms with Crippen molar-refractivity contribution >= 4 is 18.0 Å². The van der Waals surface area contributed by atoms with Crippen LogP contribution in [0.5, 0.6) is 0 Å². The predicted molar refractivity (Wildman–Crippen MR) is 74.9 cm³/mol. The maximum atomic E-state index is 11.8. The number of rotatable bonds is 6. The van der Waals surface area contributed by atoms with E-state index in [2.05, 4.69) is 10.1 Å². The Bertz CT molecular complexity index is 513. The van der Waals surface area contributed by atoms with Crippen molar-refractivity contribution in [3.63, 3.8) is 0 Å². The van der Waals surface area contributed by atoms with Crippen molar-refractivity contribution in [2.75, 3.05) is 20.7 Å². The summed E-state index contributed by atoms with van der Waals surface area (Å²) in [6, 6.07) is 5.91. The van der Waals surface area contributed by atoms with Crippen LogP contribution in [0.1, 0.15) is 22.3 Å². The molecule has 0 saturated heterocycles. The van der Waals surface area contributed by atoms with Gasteiger partial charge in [-0.05, 0) is 17.7 Å². The van der Waals surface area contributed by atoms with Crippen LogP contribution >= 0.6 is 0 Å². The van der Waals surface area contributed by atoms with Gasteiger partial charge in [-0.25, -0.2) is 9.59 Å². The number of methoxy groups -OCH3 is 1. The van der Waals surface area contributed by atoms with Crippen LogP contribution in [0.25, 0.3) is 0 Å². The van der Waals surface area contributed by atoms with E-state index in [0.29, 0.717) is 0 Å². The number of carboxylic acids is 1. The van der Waals surface area contributed by atoms with Crippen molar-refractivity contribution in [1.82, 2.24) is 10.2 Å². The first-order valence-electron chi connectivity index (χ1n) is 6.32. The number of hydrogen-bond acceptors (Lipinski definition) is 4. The predicted octanol–water partition coefficient (Wildman–Crippen LogP) is 1.09. The second kappa shape index (κ2) is 7.88. The lowest BCUT2D eigenvalue weighted by molar-refractivity contribution is -0.140. The lowest BCUT2D eigenvalue weighted by Gasteiger charge is -2.17. The maximum Gasteiger partial charge on any atom is 0.335 e. The van der Waals surface area contributed by atoms with Crippen molar-refractivity contribution in [2.45, 2.75) is 13.0 Å². The van der Waals surface area contributed by atoms with E-state index in [-0.39, 0.29) is 37.1 Å². The van der Waals surface area contributed by atoms with Gasteiger partial charge in [0.25, 0.3) is 0 Å². The highest BCUT2D eigenvalue weighted by molar-refractivity contribution is 5.87. The van der Waals surface area contributed by atoms with E-state index in [1.54, 1.807) is 19.2 Å². The summed E-state index contributed by atoms with van der Waals surface area (Å²) < 4.78 is 4.49. The fourth-order valence-electron chi connectivity index (χ4n) is 1.54. The molecule has 7 heteroatoms. The number of nitrogens with zero attached hydrogens (tertiary/aromatic N) is 1. The van der Waals surface area contributed by atoms with Crippen molar-refractivity contribution in [3.8, 4) is 0 Å². The smallest absolute Gasteiger partial charge is 0.335 e. The minimum absolute atomic E-state index is 0.133. The molecule has 1 rings (SSSR count). The summed E-state index contributed by atoms with van der Waals surface area (Å²) in [5.74, 6) is -1.37. The summed E-state index contributed by atoms with van der Waals surface area (Å²) in [6.07, 6.45) is 0.133. The Kier molecular flexibility index (Phi) is 6.19. The second-order valence-corrected chi connectivity index (χ2v) is 4.41. The molecule has 2 N–H and O–H groups in total. The Morgan fingerprint density at radius 1 is 1.24 bits per heavy atom. The SMILES string of the molecule is COC(=O)CCN(C)C(=O)NCc1ccc(C(=O)O)cc1. The van der Waals surface area contributed by atoms with Gasteiger partial charge in [-0.15, -0.1) is 0 Å². The van der Waals surface area contributed by atoms with Gasteiger partial charge >= 0.3 is 18.0 Å². The summed E-state index contributed by atoms with van der Waals surface area (Å²) in [5, 5.41) is 11.5. The molecule has 0 aliphatic rings. The first kappa shape index (κ1) is 16.5. The average molecular weight is 294 g/mol. The van der Waals surface area contributed by atoms with E-state index in [1.165, 1.54) is 24.1 Å². The molecule has 1 aromatic carbocycles. The molecular weight excluding hydrogens is 276 g/mol. The number of nitrogens with one attached hydrogen (secondary N) is 1. The van der Waals surface area contributed by atoms with Crippen LogP contribution in [0.2, 0.25) is 0 Å². The zero-order chi connectivity index (χ0) is 15.8. The Morgan fingerprint density at radius 3 is 2.38 bits per heavy atom. The molecule has 0 aliphatic carbocycles. The van der Waals surface area contributed by atoms with Gasteiger partial charge in [0.1, 0.15) is 0 Å². The number of hydrogen-bond donors (Lipinski definition) is 2. The largest absolute Gasteiger partial charge is 0.478 e. The number of esters is 1. The Morgan fingerprint density at radius 2 is 1.86 bits per heavy atom. The molecule has 0 bridgehead atoms. The van der Waals surface area contributed by atoms with Gasteiger partial charge in [-0.2, -0.15) is 0 Å². The van der Waals surface area contributed by atoms with E-state index in [1.807, 2.05) is 0 Å². The van der Waals surface area contributed by atoms with Gasteiger partial charge < -0.3 is 20.1 Å². The Hall–Kier alpha value is -2.57. The Labute approximate surface area is 122 Å². The molecule has 114 valence electrons. The van der Waals surface area contributed by atoms with E-state index in [9.17, 15) is 14.4 Å². The minimum Gasteiger partial charge on any atom is -0.478 e. The van der Waals surface area contributed by atoms with Crippen LogP contribution in [0, 0.1) is 0 Å². The first-order valence-corrected chi connectivity index (χ1v) is 6.32. The molecule has 7 nitrogen and oxygen atoms in total. The maximum absolute atomic E-state index is 11.8. The zero-order valence-electron chi connectivity index (χ0n) is 12.0. The van der Waals surface area contributed by atoms with Gasteiger partial charge in [0.15, 0.2) is 0 Å². The van der Waals surface area contributed by atoms with Crippen LogP contribution in [0.15, 0.2) is 24.3 Å². The van der Waals surface area contributed by atoms with Crippen molar-refractivity contribution in [1.29, 1.82) is 0 Å². The molecule has 0 fully saturated rings. The quantitative estimate of drug-likeness (QED) is 0.766. The second-order valence-electron chi connectivity index (χ2n) is 4.41. The molecule has 2 amide bonds. The monoisotopic (exact) mass is 294 g/mol. The molecule has 0 atom stereocenters. The summed E-state index contributed by atoms with van der Waals surface area (Å²) in [4.78, 5) is 34.8. The van der Waals surface area contributed by atoms with E-state index in [4.69, 9.17) is 5.11 Å². The fourth-order valence-corrected chi connectivity index (χ4v) is 1.54. The number of carbonyl (C=O) groups is 3. The highest BCUT2D eigenvalue weighted by atomic mass is 16.5. The number of aromatic carboxylic acids is 1. The zero-order valence-corrected chi connectivity index (χ0v) is 12.0. The van der Waals surface area contributed by atoms with E-state index >= 15 is 0 Å². The highest BCUT2D eigenvalue weighted by Crippen LogP contribution is 2.04. The standard InChI is InChI=1S/C14H18N2O5/c1-16(8-7-12(17)21-2)14(20)15-9-10-3-5-11(6-4-10)13(18)19/h3-6H,7-9H2,1-2H3,(H,15,20)(H,18,19). The minimum atomic E-state index is -0.992. The van der Waals surface area contributed by atoms with Gasteiger partial charge in [-0.1, -0.05) is 12.1 Å². The normalized spacial score (nSPS) is 9.81. The van der Waals surface area contributed by atoms with Gasteiger partial charge in [-0.3, -0.25) is 4.79 Å². The molecule has 0 heterocycles. The fraction of sp³-hybridized carbons (Fsp3) is 0.357. The van der Waals surface area contributed by atoms with Gasteiger partial charge in [0, 0.05) is 20.1 Å². The Balaban J connectivity index is 2.41. The number of ether oxygens (including phenoxy) is 1. The lowest BCUT2D eigenvalue weighted by Crippen LogP contribution is -2.38. The van der Waals surface area contributed by atoms with Crippen LogP contribution in [-0.4, -0.2) is 48.7 Å². The first-order chi connectivity index (χ1) is 9.93. The molecule has 21 heavy (non-hydrogen) atoms.